The summed E-state index contributed by atoms with van der Waals surface area (Å²) in [6, 6.07) is 19.2. The molecule has 3 aromatic rings. The number of hydrogen-bond acceptors (Lipinski definition) is 7. The van der Waals surface area contributed by atoms with E-state index in [4.69, 9.17) is 5.26 Å². The van der Waals surface area contributed by atoms with E-state index in [0.717, 1.165) is 28.3 Å². The van der Waals surface area contributed by atoms with Crippen molar-refractivity contribution in [2.24, 2.45) is 5.92 Å². The molecule has 1 fully saturated rings. The molecule has 168 valence electrons. The average Bonchev–Trinajstić information content (AvgIpc) is 3.31. The quantitative estimate of drug-likeness (QED) is 0.406. The molecule has 1 atom stereocenters. The fourth-order valence-corrected chi connectivity index (χ4v) is 5.36. The molecule has 1 N–H and O–H groups in total. The zero-order valence-electron chi connectivity index (χ0n) is 17.9. The van der Waals surface area contributed by atoms with E-state index in [2.05, 4.69) is 21.6 Å². The van der Waals surface area contributed by atoms with E-state index < -0.39 is 0 Å². The molecule has 9 heteroatoms. The van der Waals surface area contributed by atoms with Gasteiger partial charge in [-0.05, 0) is 36.1 Å². The first-order chi connectivity index (χ1) is 16.1. The molecule has 0 radical (unpaired) electrons. The zero-order chi connectivity index (χ0) is 23.0. The monoisotopic (exact) mass is 477 g/mol. The van der Waals surface area contributed by atoms with Gasteiger partial charge >= 0.3 is 0 Å². The topological polar surface area (TPSA) is 99.0 Å². The molecule has 2 aromatic carbocycles. The maximum atomic E-state index is 12.8. The predicted octanol–water partition coefficient (Wildman–Crippen LogP) is 4.12. The van der Waals surface area contributed by atoms with Crippen LogP contribution in [0.1, 0.15) is 29.5 Å². The molecule has 4 rings (SSSR count). The molecule has 0 bridgehead atoms. The van der Waals surface area contributed by atoms with Gasteiger partial charge in [0.1, 0.15) is 0 Å². The Bertz CT molecular complexity index is 1140. The summed E-state index contributed by atoms with van der Waals surface area (Å²) >= 11 is 2.87. The van der Waals surface area contributed by atoms with Crippen molar-refractivity contribution in [3.05, 3.63) is 71.3 Å². The van der Waals surface area contributed by atoms with Gasteiger partial charge in [0, 0.05) is 18.8 Å². The Labute approximate surface area is 200 Å². The Hall–Kier alpha value is -3.22. The summed E-state index contributed by atoms with van der Waals surface area (Å²) in [7, 11) is 0. The van der Waals surface area contributed by atoms with Gasteiger partial charge in [0.25, 0.3) is 0 Å². The molecule has 1 aliphatic heterocycles. The van der Waals surface area contributed by atoms with Crippen LogP contribution in [0.5, 0.6) is 0 Å². The van der Waals surface area contributed by atoms with E-state index in [-0.39, 0.29) is 17.7 Å². The maximum absolute atomic E-state index is 12.8. The summed E-state index contributed by atoms with van der Waals surface area (Å²) in [4.78, 5) is 27.3. The summed E-state index contributed by atoms with van der Waals surface area (Å²) < 4.78 is 0.762. The van der Waals surface area contributed by atoms with Gasteiger partial charge in [0.2, 0.25) is 16.9 Å². The summed E-state index contributed by atoms with van der Waals surface area (Å²) in [5.74, 6) is 0.385. The molecule has 2 amide bonds. The molecule has 1 aliphatic rings. The highest BCUT2D eigenvalue weighted by Gasteiger charge is 2.29. The minimum absolute atomic E-state index is 0.0519. The average molecular weight is 478 g/mol. The van der Waals surface area contributed by atoms with E-state index in [1.807, 2.05) is 42.5 Å². The minimum atomic E-state index is -0.253. The number of benzene rings is 2. The largest absolute Gasteiger partial charge is 0.342 e. The number of nitrogens with one attached hydrogen (secondary N) is 1. The number of carbonyl (C=O) groups is 2. The minimum Gasteiger partial charge on any atom is -0.342 e. The molecule has 7 nitrogen and oxygen atoms in total. The fraction of sp³-hybridized carbons (Fsp3) is 0.292. The summed E-state index contributed by atoms with van der Waals surface area (Å²) in [5, 5.41) is 20.5. The molecule has 1 unspecified atom stereocenters. The number of nitriles is 1. The molecule has 0 saturated carbocycles. The molecule has 1 aromatic heterocycles. The number of carbonyl (C=O) groups excluding carboxylic acids is 2. The normalized spacial score (nSPS) is 15.6. The van der Waals surface area contributed by atoms with Crippen LogP contribution in [0.4, 0.5) is 5.13 Å². The van der Waals surface area contributed by atoms with Gasteiger partial charge < -0.3 is 10.2 Å². The predicted molar refractivity (Wildman–Crippen MR) is 129 cm³/mol. The Morgan fingerprint density at radius 2 is 1.91 bits per heavy atom. The van der Waals surface area contributed by atoms with Crippen LogP contribution in [0.15, 0.2) is 58.9 Å². The molecule has 1 saturated heterocycles. The van der Waals surface area contributed by atoms with Gasteiger partial charge in [-0.15, -0.1) is 10.2 Å². The van der Waals surface area contributed by atoms with Crippen LogP contribution in [-0.4, -0.2) is 40.0 Å². The van der Waals surface area contributed by atoms with E-state index in [1.165, 1.54) is 23.1 Å². The van der Waals surface area contributed by atoms with Gasteiger partial charge in [-0.25, -0.2) is 0 Å². The van der Waals surface area contributed by atoms with E-state index in [9.17, 15) is 9.59 Å². The third-order valence-electron chi connectivity index (χ3n) is 5.42. The number of piperidine rings is 1. The number of aromatic nitrogens is 2. The lowest BCUT2D eigenvalue weighted by atomic mass is 9.96. The number of thioether (sulfide) groups is 1. The highest BCUT2D eigenvalue weighted by Crippen LogP contribution is 2.29. The number of likely N-dealkylation sites (tertiary alicyclic amines) is 1. The number of anilines is 1. The van der Waals surface area contributed by atoms with Crippen molar-refractivity contribution in [1.82, 2.24) is 15.1 Å². The molecular formula is C24H23N5O2S2. The summed E-state index contributed by atoms with van der Waals surface area (Å²) in [5.41, 5.74) is 2.70. The van der Waals surface area contributed by atoms with Crippen LogP contribution < -0.4 is 5.32 Å². The maximum Gasteiger partial charge on any atom is 0.231 e. The Balaban J connectivity index is 1.27. The van der Waals surface area contributed by atoms with Crippen LogP contribution in [0.25, 0.3) is 0 Å². The number of amides is 2. The lowest BCUT2D eigenvalue weighted by molar-refractivity contribution is -0.133. The van der Waals surface area contributed by atoms with Crippen LogP contribution in [-0.2, 0) is 21.8 Å². The van der Waals surface area contributed by atoms with Crippen molar-refractivity contribution in [3.8, 4) is 6.07 Å². The van der Waals surface area contributed by atoms with Crippen molar-refractivity contribution in [2.45, 2.75) is 29.4 Å². The molecule has 0 spiro atoms. The Kier molecular flexibility index (Phi) is 7.70. The number of nitrogens with zero attached hydrogens (tertiary/aromatic N) is 4. The second-order valence-electron chi connectivity index (χ2n) is 7.80. The third-order valence-corrected chi connectivity index (χ3v) is 7.47. The van der Waals surface area contributed by atoms with Gasteiger partial charge in [-0.3, -0.25) is 9.59 Å². The second-order valence-corrected chi connectivity index (χ2v) is 10.0. The SMILES string of the molecule is N#Cc1ccc(CSc2nnc(NC(=O)C3CCCN(C(=O)Cc4ccccc4)C3)s2)cc1. The van der Waals surface area contributed by atoms with Crippen LogP contribution in [0.3, 0.4) is 0 Å². The third kappa shape index (κ3) is 6.40. The number of hydrogen-bond donors (Lipinski definition) is 1. The van der Waals surface area contributed by atoms with Crippen LogP contribution in [0.2, 0.25) is 0 Å². The standard InChI is InChI=1S/C24H23N5O2S2/c25-14-18-8-10-19(11-9-18)16-32-24-28-27-23(33-24)26-22(31)20-7-4-12-29(15-20)21(30)13-17-5-2-1-3-6-17/h1-3,5-6,8-11,20H,4,7,12-13,15-16H2,(H,26,27,31). The van der Waals surface area contributed by atoms with Crippen molar-refractivity contribution < 1.29 is 9.59 Å². The van der Waals surface area contributed by atoms with Crippen molar-refractivity contribution >= 4 is 40.0 Å². The Morgan fingerprint density at radius 3 is 2.67 bits per heavy atom. The van der Waals surface area contributed by atoms with E-state index >= 15 is 0 Å². The zero-order valence-corrected chi connectivity index (χ0v) is 19.6. The summed E-state index contributed by atoms with van der Waals surface area (Å²) in [6.07, 6.45) is 1.91. The Morgan fingerprint density at radius 1 is 1.12 bits per heavy atom. The number of rotatable bonds is 7. The lowest BCUT2D eigenvalue weighted by Crippen LogP contribution is -2.44. The van der Waals surface area contributed by atoms with Gasteiger partial charge in [-0.1, -0.05) is 65.6 Å². The smallest absolute Gasteiger partial charge is 0.231 e. The first-order valence-corrected chi connectivity index (χ1v) is 12.5. The first kappa shape index (κ1) is 23.0. The van der Waals surface area contributed by atoms with Crippen molar-refractivity contribution in [1.29, 1.82) is 5.26 Å². The molecular weight excluding hydrogens is 454 g/mol. The van der Waals surface area contributed by atoms with E-state index in [1.54, 1.807) is 17.0 Å². The second kappa shape index (κ2) is 11.1. The lowest BCUT2D eigenvalue weighted by Gasteiger charge is -2.32. The summed E-state index contributed by atoms with van der Waals surface area (Å²) in [6.45, 7) is 1.11. The van der Waals surface area contributed by atoms with Gasteiger partial charge in [0.05, 0.1) is 24.0 Å². The highest BCUT2D eigenvalue weighted by atomic mass is 32.2. The van der Waals surface area contributed by atoms with Crippen LogP contribution in [0, 0.1) is 17.2 Å². The molecule has 33 heavy (non-hydrogen) atoms. The molecule has 2 heterocycles. The highest BCUT2D eigenvalue weighted by molar-refractivity contribution is 8.00. The fourth-order valence-electron chi connectivity index (χ4n) is 3.65. The molecule has 0 aliphatic carbocycles. The van der Waals surface area contributed by atoms with E-state index in [0.29, 0.717) is 36.0 Å². The first-order valence-electron chi connectivity index (χ1n) is 10.7. The van der Waals surface area contributed by atoms with Crippen molar-refractivity contribution in [3.63, 3.8) is 0 Å². The van der Waals surface area contributed by atoms with Gasteiger partial charge in [0.15, 0.2) is 4.34 Å². The van der Waals surface area contributed by atoms with Gasteiger partial charge in [-0.2, -0.15) is 5.26 Å². The van der Waals surface area contributed by atoms with Crippen LogP contribution >= 0.6 is 23.1 Å². The van der Waals surface area contributed by atoms with Crippen molar-refractivity contribution in [2.75, 3.05) is 18.4 Å².